The summed E-state index contributed by atoms with van der Waals surface area (Å²) in [6.45, 7) is 2.00. The van der Waals surface area contributed by atoms with Gasteiger partial charge in [-0.25, -0.2) is 4.98 Å². The maximum absolute atomic E-state index is 10.5. The van der Waals surface area contributed by atoms with Crippen LogP contribution in [0.1, 0.15) is 5.56 Å². The number of nitrogens with zero attached hydrogens (tertiary/aromatic N) is 1. The fourth-order valence-electron chi connectivity index (χ4n) is 3.08. The molecule has 0 bridgehead atoms. The predicted molar refractivity (Wildman–Crippen MR) is 93.1 cm³/mol. The molecular formula is C20H13NO3. The van der Waals surface area contributed by atoms with Crippen molar-refractivity contribution >= 4 is 33.0 Å². The highest BCUT2D eigenvalue weighted by Gasteiger charge is 2.16. The van der Waals surface area contributed by atoms with E-state index in [1.54, 1.807) is 12.1 Å². The molecule has 0 amide bonds. The van der Waals surface area contributed by atoms with E-state index in [4.69, 9.17) is 8.83 Å². The summed E-state index contributed by atoms with van der Waals surface area (Å²) in [7, 11) is 0. The van der Waals surface area contributed by atoms with Crippen LogP contribution in [0.2, 0.25) is 0 Å². The van der Waals surface area contributed by atoms with E-state index in [-0.39, 0.29) is 5.75 Å². The zero-order valence-corrected chi connectivity index (χ0v) is 12.9. The van der Waals surface area contributed by atoms with E-state index < -0.39 is 0 Å². The molecule has 5 aromatic rings. The molecule has 0 saturated heterocycles. The van der Waals surface area contributed by atoms with Gasteiger partial charge in [-0.2, -0.15) is 0 Å². The highest BCUT2D eigenvalue weighted by atomic mass is 16.4. The highest BCUT2D eigenvalue weighted by molar-refractivity contribution is 6.06. The van der Waals surface area contributed by atoms with E-state index in [2.05, 4.69) is 4.98 Å². The number of furan rings is 1. The lowest BCUT2D eigenvalue weighted by Gasteiger charge is -2.00. The quantitative estimate of drug-likeness (QED) is 0.449. The summed E-state index contributed by atoms with van der Waals surface area (Å²) in [5.74, 6) is 0.507. The van der Waals surface area contributed by atoms with Gasteiger partial charge in [0.25, 0.3) is 0 Å². The Morgan fingerprint density at radius 2 is 1.71 bits per heavy atom. The number of oxazole rings is 1. The average molecular weight is 315 g/mol. The Labute approximate surface area is 137 Å². The van der Waals surface area contributed by atoms with Gasteiger partial charge in [-0.05, 0) is 42.8 Å². The number of benzene rings is 3. The summed E-state index contributed by atoms with van der Waals surface area (Å²) in [4.78, 5) is 4.48. The molecule has 0 saturated carbocycles. The van der Waals surface area contributed by atoms with Gasteiger partial charge in [0.05, 0.1) is 5.56 Å². The Kier molecular flexibility index (Phi) is 2.54. The number of aromatic hydroxyl groups is 1. The van der Waals surface area contributed by atoms with Crippen molar-refractivity contribution in [2.24, 2.45) is 0 Å². The molecule has 2 aromatic heterocycles. The molecule has 4 heteroatoms. The van der Waals surface area contributed by atoms with Gasteiger partial charge in [0, 0.05) is 10.8 Å². The first-order valence-electron chi connectivity index (χ1n) is 7.71. The zero-order chi connectivity index (χ0) is 16.3. The van der Waals surface area contributed by atoms with Crippen LogP contribution in [0, 0.1) is 6.92 Å². The lowest BCUT2D eigenvalue weighted by molar-refractivity contribution is 0.474. The maximum Gasteiger partial charge on any atom is 0.231 e. The number of phenols is 1. The Morgan fingerprint density at radius 3 is 2.62 bits per heavy atom. The van der Waals surface area contributed by atoms with Crippen LogP contribution in [0.25, 0.3) is 44.5 Å². The lowest BCUT2D eigenvalue weighted by atomic mass is 10.1. The van der Waals surface area contributed by atoms with E-state index in [0.29, 0.717) is 22.6 Å². The molecule has 2 heterocycles. The van der Waals surface area contributed by atoms with Crippen molar-refractivity contribution in [2.45, 2.75) is 6.92 Å². The van der Waals surface area contributed by atoms with Crippen LogP contribution < -0.4 is 0 Å². The van der Waals surface area contributed by atoms with Crippen LogP contribution in [0.15, 0.2) is 63.4 Å². The Bertz CT molecular complexity index is 1230. The zero-order valence-electron chi connectivity index (χ0n) is 12.9. The Hall–Kier alpha value is -3.27. The number of phenolic OH excluding ortho intramolecular Hbond substituents is 1. The minimum Gasteiger partial charge on any atom is -0.507 e. The lowest BCUT2D eigenvalue weighted by Crippen LogP contribution is -1.79. The van der Waals surface area contributed by atoms with E-state index in [1.165, 1.54) is 0 Å². The fraction of sp³-hybridized carbons (Fsp3) is 0.0500. The molecule has 0 spiro atoms. The van der Waals surface area contributed by atoms with Gasteiger partial charge in [0.2, 0.25) is 5.89 Å². The molecule has 24 heavy (non-hydrogen) atoms. The van der Waals surface area contributed by atoms with Crippen molar-refractivity contribution in [3.05, 3.63) is 60.2 Å². The molecule has 3 aromatic carbocycles. The molecule has 0 unspecified atom stereocenters. The number of fused-ring (bicyclic) bond motifs is 4. The minimum absolute atomic E-state index is 0.123. The standard InChI is InChI=1S/C20H13NO3/c1-11-6-7-15-19(8-11)24-20(21-15)14-10-18-13(9-16(14)22)12-4-2-3-5-17(12)23-18/h2-10,22H,1H3. The summed E-state index contributed by atoms with van der Waals surface area (Å²) in [5, 5.41) is 12.3. The van der Waals surface area contributed by atoms with Crippen LogP contribution >= 0.6 is 0 Å². The SMILES string of the molecule is Cc1ccc2nc(-c3cc4oc5ccccc5c4cc3O)oc2c1. The number of para-hydroxylation sites is 1. The van der Waals surface area contributed by atoms with Crippen molar-refractivity contribution in [1.82, 2.24) is 4.98 Å². The summed E-state index contributed by atoms with van der Waals surface area (Å²) >= 11 is 0. The van der Waals surface area contributed by atoms with Gasteiger partial charge in [-0.15, -0.1) is 0 Å². The molecule has 0 aliphatic heterocycles. The van der Waals surface area contributed by atoms with Crippen LogP contribution in [0.3, 0.4) is 0 Å². The molecule has 0 radical (unpaired) electrons. The van der Waals surface area contributed by atoms with E-state index in [1.807, 2.05) is 49.4 Å². The molecule has 116 valence electrons. The number of rotatable bonds is 1. The topological polar surface area (TPSA) is 59.4 Å². The molecule has 0 atom stereocenters. The Morgan fingerprint density at radius 1 is 0.833 bits per heavy atom. The van der Waals surface area contributed by atoms with E-state index >= 15 is 0 Å². The second-order valence-corrected chi connectivity index (χ2v) is 5.95. The van der Waals surface area contributed by atoms with E-state index in [9.17, 15) is 5.11 Å². The number of hydrogen-bond acceptors (Lipinski definition) is 4. The van der Waals surface area contributed by atoms with Gasteiger partial charge < -0.3 is 13.9 Å². The van der Waals surface area contributed by atoms with Gasteiger partial charge in [-0.1, -0.05) is 24.3 Å². The molecule has 0 fully saturated rings. The second-order valence-electron chi connectivity index (χ2n) is 5.95. The molecule has 1 N–H and O–H groups in total. The Balaban J connectivity index is 1.78. The first-order valence-corrected chi connectivity index (χ1v) is 7.71. The van der Waals surface area contributed by atoms with Gasteiger partial charge in [0.1, 0.15) is 22.4 Å². The molecule has 4 nitrogen and oxygen atoms in total. The smallest absolute Gasteiger partial charge is 0.231 e. The monoisotopic (exact) mass is 315 g/mol. The van der Waals surface area contributed by atoms with Crippen LogP contribution in [-0.4, -0.2) is 10.1 Å². The third-order valence-electron chi connectivity index (χ3n) is 4.27. The van der Waals surface area contributed by atoms with E-state index in [0.717, 1.165) is 27.4 Å². The maximum atomic E-state index is 10.5. The largest absolute Gasteiger partial charge is 0.507 e. The molecule has 0 aliphatic rings. The first-order chi connectivity index (χ1) is 11.7. The normalized spacial score (nSPS) is 11.7. The molecular weight excluding hydrogens is 302 g/mol. The minimum atomic E-state index is 0.123. The van der Waals surface area contributed by atoms with Crippen LogP contribution in [-0.2, 0) is 0 Å². The van der Waals surface area contributed by atoms with Crippen molar-refractivity contribution < 1.29 is 13.9 Å². The van der Waals surface area contributed by atoms with Gasteiger partial charge >= 0.3 is 0 Å². The predicted octanol–water partition coefficient (Wildman–Crippen LogP) is 5.41. The highest BCUT2D eigenvalue weighted by Crippen LogP contribution is 2.38. The van der Waals surface area contributed by atoms with Crippen molar-refractivity contribution in [1.29, 1.82) is 0 Å². The average Bonchev–Trinajstić information content (AvgIpc) is 3.14. The summed E-state index contributed by atoms with van der Waals surface area (Å²) in [6.07, 6.45) is 0. The van der Waals surface area contributed by atoms with Crippen molar-refractivity contribution in [3.63, 3.8) is 0 Å². The van der Waals surface area contributed by atoms with Gasteiger partial charge in [0.15, 0.2) is 5.58 Å². The number of aryl methyl sites for hydroxylation is 1. The molecule has 0 aliphatic carbocycles. The first kappa shape index (κ1) is 13.2. The summed E-state index contributed by atoms with van der Waals surface area (Å²) < 4.78 is 11.7. The summed E-state index contributed by atoms with van der Waals surface area (Å²) in [5.41, 5.74) is 4.58. The third-order valence-corrected chi connectivity index (χ3v) is 4.27. The second kappa shape index (κ2) is 4.61. The third kappa shape index (κ3) is 1.83. The number of hydrogen-bond donors (Lipinski definition) is 1. The number of aromatic nitrogens is 1. The summed E-state index contributed by atoms with van der Waals surface area (Å²) in [6, 6.07) is 17.1. The fourth-order valence-corrected chi connectivity index (χ4v) is 3.08. The molecule has 5 rings (SSSR count). The van der Waals surface area contributed by atoms with Crippen molar-refractivity contribution in [2.75, 3.05) is 0 Å². The van der Waals surface area contributed by atoms with Crippen LogP contribution in [0.4, 0.5) is 0 Å². The van der Waals surface area contributed by atoms with Crippen LogP contribution in [0.5, 0.6) is 5.75 Å². The van der Waals surface area contributed by atoms with Gasteiger partial charge in [-0.3, -0.25) is 0 Å². The van der Waals surface area contributed by atoms with Crippen molar-refractivity contribution in [3.8, 4) is 17.2 Å².